The number of guanidine groups is 1. The van der Waals surface area contributed by atoms with Crippen LogP contribution in [0.5, 0.6) is 5.75 Å². The second-order valence-electron chi connectivity index (χ2n) is 7.62. The number of amides is 1. The largest absolute Gasteiger partial charge is 0.489 e. The van der Waals surface area contributed by atoms with E-state index >= 15 is 0 Å². The van der Waals surface area contributed by atoms with Crippen LogP contribution in [0.15, 0.2) is 72.0 Å². The normalized spacial score (nSPS) is 14.1. The van der Waals surface area contributed by atoms with Gasteiger partial charge in [0.1, 0.15) is 18.9 Å². The Morgan fingerprint density at radius 1 is 1.12 bits per heavy atom. The van der Waals surface area contributed by atoms with Crippen molar-refractivity contribution < 1.29 is 9.53 Å². The number of halogens is 1. The van der Waals surface area contributed by atoms with E-state index in [4.69, 9.17) is 4.74 Å². The Labute approximate surface area is 211 Å². The molecule has 0 saturated carbocycles. The van der Waals surface area contributed by atoms with Gasteiger partial charge in [0.25, 0.3) is 0 Å². The Hall–Kier alpha value is -3.08. The number of hydrogen-bond donors (Lipinski definition) is 1. The van der Waals surface area contributed by atoms with E-state index in [2.05, 4.69) is 15.4 Å². The van der Waals surface area contributed by atoms with Gasteiger partial charge in [0, 0.05) is 45.5 Å². The van der Waals surface area contributed by atoms with E-state index in [0.717, 1.165) is 22.6 Å². The number of hydrogen-bond acceptors (Lipinski definition) is 4. The Balaban J connectivity index is 0.00000306. The highest BCUT2D eigenvalue weighted by Crippen LogP contribution is 2.20. The summed E-state index contributed by atoms with van der Waals surface area (Å²) in [7, 11) is 3.58. The molecule has 1 amide bonds. The molecule has 1 aliphatic heterocycles. The van der Waals surface area contributed by atoms with Crippen LogP contribution in [0.4, 0.5) is 5.69 Å². The fraction of sp³-hybridized carbons (Fsp3) is 0.292. The number of aliphatic imine (C=N–C) groups is 1. The molecule has 9 heteroatoms. The van der Waals surface area contributed by atoms with E-state index < -0.39 is 0 Å². The maximum Gasteiger partial charge on any atom is 0.246 e. The van der Waals surface area contributed by atoms with Crippen LogP contribution in [0.25, 0.3) is 0 Å². The van der Waals surface area contributed by atoms with Crippen molar-refractivity contribution in [3.8, 4) is 5.75 Å². The fourth-order valence-electron chi connectivity index (χ4n) is 3.71. The maximum atomic E-state index is 12.7. The molecule has 0 spiro atoms. The van der Waals surface area contributed by atoms with Gasteiger partial charge < -0.3 is 19.9 Å². The summed E-state index contributed by atoms with van der Waals surface area (Å²) in [6, 6.07) is 18.1. The average Bonchev–Trinajstić information content (AvgIpc) is 3.25. The van der Waals surface area contributed by atoms with Crippen molar-refractivity contribution in [2.45, 2.75) is 13.2 Å². The molecule has 1 fully saturated rings. The number of carbonyl (C=O) groups is 1. The molecule has 0 radical (unpaired) electrons. The molecule has 0 atom stereocenters. The third-order valence-electron chi connectivity index (χ3n) is 5.38. The van der Waals surface area contributed by atoms with Crippen LogP contribution in [-0.2, 0) is 25.0 Å². The number of anilines is 1. The quantitative estimate of drug-likeness (QED) is 0.285. The van der Waals surface area contributed by atoms with Gasteiger partial charge in [0.15, 0.2) is 5.96 Å². The van der Waals surface area contributed by atoms with Crippen LogP contribution in [0, 0.1) is 0 Å². The molecular weight excluding hydrogens is 531 g/mol. The van der Waals surface area contributed by atoms with Gasteiger partial charge in [0.2, 0.25) is 5.91 Å². The van der Waals surface area contributed by atoms with Gasteiger partial charge in [-0.05, 0) is 11.6 Å². The molecule has 3 aromatic rings. The lowest BCUT2D eigenvalue weighted by Gasteiger charge is -2.35. The first-order valence-electron chi connectivity index (χ1n) is 10.6. The summed E-state index contributed by atoms with van der Waals surface area (Å²) in [5.41, 5.74) is 2.98. The number of nitrogens with one attached hydrogen (secondary N) is 1. The Morgan fingerprint density at radius 2 is 1.88 bits per heavy atom. The van der Waals surface area contributed by atoms with Crippen LogP contribution >= 0.6 is 24.0 Å². The summed E-state index contributed by atoms with van der Waals surface area (Å²) in [6.45, 7) is 2.60. The van der Waals surface area contributed by atoms with Crippen LogP contribution in [0.2, 0.25) is 0 Å². The molecule has 1 aromatic heterocycles. The topological polar surface area (TPSA) is 75.0 Å². The summed E-state index contributed by atoms with van der Waals surface area (Å²) in [5.74, 6) is 1.55. The van der Waals surface area contributed by atoms with Gasteiger partial charge in [-0.3, -0.25) is 14.5 Å². The first-order chi connectivity index (χ1) is 15.6. The molecule has 174 valence electrons. The van der Waals surface area contributed by atoms with Gasteiger partial charge in [-0.2, -0.15) is 5.10 Å². The Morgan fingerprint density at radius 3 is 2.58 bits per heavy atom. The van der Waals surface area contributed by atoms with E-state index in [0.29, 0.717) is 32.2 Å². The summed E-state index contributed by atoms with van der Waals surface area (Å²) in [6.07, 6.45) is 3.57. The van der Waals surface area contributed by atoms with Gasteiger partial charge in [0.05, 0.1) is 11.9 Å². The number of benzene rings is 2. The Bertz CT molecular complexity index is 1090. The van der Waals surface area contributed by atoms with Crippen molar-refractivity contribution >= 4 is 41.5 Å². The van der Waals surface area contributed by atoms with E-state index in [1.54, 1.807) is 22.8 Å². The van der Waals surface area contributed by atoms with E-state index in [1.807, 2.05) is 72.7 Å². The molecule has 4 rings (SSSR count). The van der Waals surface area contributed by atoms with Crippen molar-refractivity contribution in [2.24, 2.45) is 12.0 Å². The van der Waals surface area contributed by atoms with E-state index in [1.165, 1.54) is 0 Å². The Kier molecular flexibility index (Phi) is 8.70. The standard InChI is InChI=1S/C24H28N6O2.HI/c1-25-24(29-12-13-30(23(31)17-29)21-15-27-28(2)16-21)26-14-20-10-6-7-11-22(20)32-18-19-8-4-3-5-9-19;/h3-11,15-16H,12-14,17-18H2,1-2H3,(H,25,26);1H. The van der Waals surface area contributed by atoms with Crippen molar-refractivity contribution in [3.05, 3.63) is 78.1 Å². The van der Waals surface area contributed by atoms with Crippen molar-refractivity contribution in [3.63, 3.8) is 0 Å². The third kappa shape index (κ3) is 6.25. The first-order valence-corrected chi connectivity index (χ1v) is 10.6. The van der Waals surface area contributed by atoms with Crippen LogP contribution in [0.3, 0.4) is 0 Å². The SMILES string of the molecule is CN=C(NCc1ccccc1OCc1ccccc1)N1CCN(c2cnn(C)c2)C(=O)C1.I. The summed E-state index contributed by atoms with van der Waals surface area (Å²) in [5, 5.41) is 7.55. The lowest BCUT2D eigenvalue weighted by atomic mass is 10.2. The molecule has 2 aromatic carbocycles. The van der Waals surface area contributed by atoms with Gasteiger partial charge >= 0.3 is 0 Å². The van der Waals surface area contributed by atoms with Crippen LogP contribution in [-0.4, -0.2) is 53.2 Å². The minimum Gasteiger partial charge on any atom is -0.489 e. The number of para-hydroxylation sites is 1. The fourth-order valence-corrected chi connectivity index (χ4v) is 3.71. The predicted octanol–water partition coefficient (Wildman–Crippen LogP) is 3.04. The summed E-state index contributed by atoms with van der Waals surface area (Å²) < 4.78 is 7.76. The molecule has 0 unspecified atom stereocenters. The highest BCUT2D eigenvalue weighted by atomic mass is 127. The zero-order chi connectivity index (χ0) is 22.3. The number of aromatic nitrogens is 2. The third-order valence-corrected chi connectivity index (χ3v) is 5.38. The molecular formula is C24H29IN6O2. The number of aryl methyl sites for hydroxylation is 1. The second kappa shape index (κ2) is 11.7. The zero-order valence-corrected chi connectivity index (χ0v) is 21.2. The van der Waals surface area contributed by atoms with Crippen molar-refractivity contribution in [1.29, 1.82) is 0 Å². The molecule has 1 aliphatic rings. The average molecular weight is 560 g/mol. The minimum atomic E-state index is 0. The maximum absolute atomic E-state index is 12.7. The van der Waals surface area contributed by atoms with Crippen LogP contribution < -0.4 is 15.0 Å². The lowest BCUT2D eigenvalue weighted by Crippen LogP contribution is -2.55. The minimum absolute atomic E-state index is 0. The van der Waals surface area contributed by atoms with Crippen molar-refractivity contribution in [1.82, 2.24) is 20.0 Å². The van der Waals surface area contributed by atoms with Gasteiger partial charge in [-0.15, -0.1) is 24.0 Å². The van der Waals surface area contributed by atoms with Crippen LogP contribution in [0.1, 0.15) is 11.1 Å². The van der Waals surface area contributed by atoms with E-state index in [-0.39, 0.29) is 36.4 Å². The zero-order valence-electron chi connectivity index (χ0n) is 18.8. The first kappa shape index (κ1) is 24.6. The number of nitrogens with zero attached hydrogens (tertiary/aromatic N) is 5. The monoisotopic (exact) mass is 560 g/mol. The smallest absolute Gasteiger partial charge is 0.246 e. The van der Waals surface area contributed by atoms with E-state index in [9.17, 15) is 4.79 Å². The highest BCUT2D eigenvalue weighted by molar-refractivity contribution is 14.0. The molecule has 8 nitrogen and oxygen atoms in total. The predicted molar refractivity (Wildman–Crippen MR) is 140 cm³/mol. The summed E-state index contributed by atoms with van der Waals surface area (Å²) >= 11 is 0. The second-order valence-corrected chi connectivity index (χ2v) is 7.62. The number of piperazine rings is 1. The molecule has 0 bridgehead atoms. The highest BCUT2D eigenvalue weighted by Gasteiger charge is 2.27. The van der Waals surface area contributed by atoms with Gasteiger partial charge in [-0.1, -0.05) is 48.5 Å². The van der Waals surface area contributed by atoms with Gasteiger partial charge in [-0.25, -0.2) is 0 Å². The molecule has 2 heterocycles. The molecule has 1 saturated heterocycles. The summed E-state index contributed by atoms with van der Waals surface area (Å²) in [4.78, 5) is 20.9. The molecule has 33 heavy (non-hydrogen) atoms. The van der Waals surface area contributed by atoms with Crippen molar-refractivity contribution in [2.75, 3.05) is 31.6 Å². The molecule has 0 aliphatic carbocycles. The molecule has 1 N–H and O–H groups in total. The number of rotatable bonds is 6. The number of carbonyl (C=O) groups excluding carboxylic acids is 1. The lowest BCUT2D eigenvalue weighted by molar-refractivity contribution is -0.120. The number of ether oxygens (including phenoxy) is 1.